The second-order valence-electron chi connectivity index (χ2n) is 4.55. The molecule has 0 heterocycles. The van der Waals surface area contributed by atoms with Crippen molar-refractivity contribution in [1.82, 2.24) is 0 Å². The van der Waals surface area contributed by atoms with Crippen molar-refractivity contribution < 1.29 is 13.2 Å². The second-order valence-corrected chi connectivity index (χ2v) is 7.02. The molecule has 0 fully saturated rings. The monoisotopic (exact) mass is 286 g/mol. The number of nitrogens with two attached hydrogens (primary N) is 1. The number of ether oxygens (including phenoxy) is 1. The Morgan fingerprint density at radius 3 is 2.63 bits per heavy atom. The van der Waals surface area contributed by atoms with Gasteiger partial charge in [-0.15, -0.1) is 0 Å². The highest BCUT2D eigenvalue weighted by atomic mass is 32.2. The van der Waals surface area contributed by atoms with E-state index in [1.165, 1.54) is 0 Å². The highest BCUT2D eigenvalue weighted by Gasteiger charge is 2.10. The predicted octanol–water partition coefficient (Wildman–Crippen LogP) is 1.90. The van der Waals surface area contributed by atoms with Crippen molar-refractivity contribution in [2.45, 2.75) is 26.9 Å². The molecule has 108 valence electrons. The van der Waals surface area contributed by atoms with Crippen molar-refractivity contribution in [3.8, 4) is 5.75 Å². The minimum absolute atomic E-state index is 0.0398. The van der Waals surface area contributed by atoms with Crippen LogP contribution >= 0.6 is 0 Å². The molecule has 1 rings (SSSR count). The van der Waals surface area contributed by atoms with Crippen molar-refractivity contribution in [2.24, 2.45) is 0 Å². The van der Waals surface area contributed by atoms with Gasteiger partial charge < -0.3 is 15.8 Å². The van der Waals surface area contributed by atoms with E-state index in [2.05, 4.69) is 5.32 Å². The van der Waals surface area contributed by atoms with Crippen molar-refractivity contribution in [3.05, 3.63) is 18.2 Å². The first kappa shape index (κ1) is 15.6. The number of para-hydroxylation sites is 1. The van der Waals surface area contributed by atoms with Crippen LogP contribution in [-0.2, 0) is 9.84 Å². The molecule has 0 amide bonds. The summed E-state index contributed by atoms with van der Waals surface area (Å²) >= 11 is 0. The summed E-state index contributed by atoms with van der Waals surface area (Å²) in [6, 6.07) is 5.43. The molecule has 0 atom stereocenters. The Kier molecular flexibility index (Phi) is 5.47. The van der Waals surface area contributed by atoms with E-state index in [0.29, 0.717) is 23.7 Å². The molecule has 0 radical (unpaired) electrons. The lowest BCUT2D eigenvalue weighted by Crippen LogP contribution is -2.18. The van der Waals surface area contributed by atoms with E-state index in [9.17, 15) is 8.42 Å². The van der Waals surface area contributed by atoms with Gasteiger partial charge in [-0.25, -0.2) is 8.42 Å². The lowest BCUT2D eigenvalue weighted by atomic mass is 10.2. The third-order valence-corrected chi connectivity index (χ3v) is 4.30. The topological polar surface area (TPSA) is 81.4 Å². The maximum atomic E-state index is 11.4. The normalized spacial score (nSPS) is 11.6. The lowest BCUT2D eigenvalue weighted by Gasteiger charge is -2.15. The van der Waals surface area contributed by atoms with Gasteiger partial charge in [-0.1, -0.05) is 13.0 Å². The van der Waals surface area contributed by atoms with Crippen LogP contribution in [0, 0.1) is 0 Å². The molecule has 0 bridgehead atoms. The third-order valence-electron chi connectivity index (χ3n) is 2.60. The van der Waals surface area contributed by atoms with E-state index < -0.39 is 9.84 Å². The Morgan fingerprint density at radius 2 is 2.05 bits per heavy atom. The van der Waals surface area contributed by atoms with E-state index in [1.54, 1.807) is 19.1 Å². The summed E-state index contributed by atoms with van der Waals surface area (Å²) in [6.07, 6.45) is 0.0398. The maximum Gasteiger partial charge on any atom is 0.151 e. The fourth-order valence-corrected chi connectivity index (χ4v) is 2.24. The number of hydrogen-bond donors (Lipinski definition) is 2. The molecule has 6 heteroatoms. The Balaban J connectivity index is 2.69. The predicted molar refractivity (Wildman–Crippen MR) is 79.4 cm³/mol. The lowest BCUT2D eigenvalue weighted by molar-refractivity contribution is 0.244. The molecule has 1 aromatic carbocycles. The second kappa shape index (κ2) is 6.65. The smallest absolute Gasteiger partial charge is 0.151 e. The van der Waals surface area contributed by atoms with Crippen LogP contribution in [0.3, 0.4) is 0 Å². The SMILES string of the molecule is CCS(=O)(=O)CCNc1cccc(OC(C)C)c1N. The Labute approximate surface area is 115 Å². The first-order valence-electron chi connectivity index (χ1n) is 6.35. The van der Waals surface area contributed by atoms with Crippen LogP contribution in [0.4, 0.5) is 11.4 Å². The van der Waals surface area contributed by atoms with Gasteiger partial charge in [0.2, 0.25) is 0 Å². The zero-order valence-electron chi connectivity index (χ0n) is 11.6. The molecule has 5 nitrogen and oxygen atoms in total. The molecule has 3 N–H and O–H groups in total. The van der Waals surface area contributed by atoms with Gasteiger partial charge in [-0.3, -0.25) is 0 Å². The minimum Gasteiger partial charge on any atom is -0.489 e. The number of nitrogen functional groups attached to an aromatic ring is 1. The molecule has 0 aliphatic rings. The minimum atomic E-state index is -2.97. The molecule has 19 heavy (non-hydrogen) atoms. The Morgan fingerprint density at radius 1 is 1.37 bits per heavy atom. The number of benzene rings is 1. The van der Waals surface area contributed by atoms with Crippen LogP contribution in [0.15, 0.2) is 18.2 Å². The molecule has 0 saturated heterocycles. The molecule has 0 spiro atoms. The van der Waals surface area contributed by atoms with Crippen molar-refractivity contribution in [2.75, 3.05) is 29.1 Å². The molecule has 0 aliphatic carbocycles. The van der Waals surface area contributed by atoms with Gasteiger partial charge in [0.25, 0.3) is 0 Å². The fourth-order valence-electron chi connectivity index (χ4n) is 1.54. The van der Waals surface area contributed by atoms with E-state index in [1.807, 2.05) is 19.9 Å². The Hall–Kier alpha value is -1.43. The average molecular weight is 286 g/mol. The van der Waals surface area contributed by atoms with Crippen LogP contribution < -0.4 is 15.8 Å². The average Bonchev–Trinajstić information content (AvgIpc) is 2.33. The largest absolute Gasteiger partial charge is 0.489 e. The van der Waals surface area contributed by atoms with Gasteiger partial charge in [-0.05, 0) is 26.0 Å². The third kappa shape index (κ3) is 4.98. The van der Waals surface area contributed by atoms with Crippen molar-refractivity contribution in [1.29, 1.82) is 0 Å². The highest BCUT2D eigenvalue weighted by Crippen LogP contribution is 2.29. The Bertz CT molecular complexity index is 513. The summed E-state index contributed by atoms with van der Waals surface area (Å²) in [5, 5.41) is 3.03. The number of rotatable bonds is 7. The van der Waals surface area contributed by atoms with Crippen LogP contribution in [0.2, 0.25) is 0 Å². The van der Waals surface area contributed by atoms with Crippen LogP contribution in [0.5, 0.6) is 5.75 Å². The molecule has 0 aromatic heterocycles. The zero-order chi connectivity index (χ0) is 14.5. The van der Waals surface area contributed by atoms with Gasteiger partial charge in [-0.2, -0.15) is 0 Å². The molecule has 0 aliphatic heterocycles. The number of anilines is 2. The molecule has 1 aromatic rings. The number of nitrogens with one attached hydrogen (secondary N) is 1. The van der Waals surface area contributed by atoms with Gasteiger partial charge in [0, 0.05) is 12.3 Å². The van der Waals surface area contributed by atoms with Gasteiger partial charge in [0.15, 0.2) is 9.84 Å². The van der Waals surface area contributed by atoms with Crippen LogP contribution in [-0.4, -0.2) is 32.6 Å². The van der Waals surface area contributed by atoms with Crippen LogP contribution in [0.25, 0.3) is 0 Å². The molecule has 0 unspecified atom stereocenters. The van der Waals surface area contributed by atoms with Crippen LogP contribution in [0.1, 0.15) is 20.8 Å². The summed E-state index contributed by atoms with van der Waals surface area (Å²) in [6.45, 7) is 5.83. The van der Waals surface area contributed by atoms with Crippen molar-refractivity contribution >= 4 is 21.2 Å². The first-order valence-corrected chi connectivity index (χ1v) is 8.17. The quantitative estimate of drug-likeness (QED) is 0.748. The summed E-state index contributed by atoms with van der Waals surface area (Å²) in [4.78, 5) is 0. The van der Waals surface area contributed by atoms with Gasteiger partial charge >= 0.3 is 0 Å². The molecular weight excluding hydrogens is 264 g/mol. The first-order chi connectivity index (χ1) is 8.85. The zero-order valence-corrected chi connectivity index (χ0v) is 12.5. The van der Waals surface area contributed by atoms with Gasteiger partial charge in [0.05, 0.1) is 23.2 Å². The maximum absolute atomic E-state index is 11.4. The number of sulfone groups is 1. The van der Waals surface area contributed by atoms with Crippen molar-refractivity contribution in [3.63, 3.8) is 0 Å². The summed E-state index contributed by atoms with van der Waals surface area (Å²) in [5.74, 6) is 0.858. The van der Waals surface area contributed by atoms with E-state index in [-0.39, 0.29) is 17.6 Å². The van der Waals surface area contributed by atoms with E-state index >= 15 is 0 Å². The summed E-state index contributed by atoms with van der Waals surface area (Å²) in [5.41, 5.74) is 7.18. The van der Waals surface area contributed by atoms with E-state index in [0.717, 1.165) is 0 Å². The molecule has 0 saturated carbocycles. The van der Waals surface area contributed by atoms with E-state index in [4.69, 9.17) is 10.5 Å². The van der Waals surface area contributed by atoms with Gasteiger partial charge in [0.1, 0.15) is 5.75 Å². The fraction of sp³-hybridized carbons (Fsp3) is 0.538. The highest BCUT2D eigenvalue weighted by molar-refractivity contribution is 7.91. The number of hydrogen-bond acceptors (Lipinski definition) is 5. The summed E-state index contributed by atoms with van der Waals surface area (Å²) < 4.78 is 28.4. The summed E-state index contributed by atoms with van der Waals surface area (Å²) in [7, 11) is -2.97. The standard InChI is InChI=1S/C13H22N2O3S/c1-4-19(16,17)9-8-15-11-6-5-7-12(13(11)14)18-10(2)3/h5-7,10,15H,4,8-9,14H2,1-3H3. The molecular formula is C13H22N2O3S.